The molecule has 0 amide bonds. The predicted molar refractivity (Wildman–Crippen MR) is 115 cm³/mol. The molecule has 0 aliphatic carbocycles. The van der Waals surface area contributed by atoms with Crippen LogP contribution in [0.25, 0.3) is 11.4 Å². The number of rotatable bonds is 7. The van der Waals surface area contributed by atoms with Crippen LogP contribution in [0.1, 0.15) is 27.7 Å². The van der Waals surface area contributed by atoms with Gasteiger partial charge in [-0.15, -0.1) is 5.10 Å². The Bertz CT molecular complexity index is 851. The molecule has 1 aromatic heterocycles. The van der Waals surface area contributed by atoms with Crippen LogP contribution in [0.4, 0.5) is 4.39 Å². The van der Waals surface area contributed by atoms with Gasteiger partial charge >= 0.3 is 7.12 Å². The van der Waals surface area contributed by atoms with Crippen LogP contribution >= 0.6 is 0 Å². The van der Waals surface area contributed by atoms with Crippen molar-refractivity contribution in [3.63, 3.8) is 0 Å². The third kappa shape index (κ3) is 5.14. The average Bonchev–Trinajstić information content (AvgIpc) is 3.13. The normalized spacial score (nSPS) is 18.4. The minimum atomic E-state index is -1.12. The van der Waals surface area contributed by atoms with Crippen LogP contribution in [0, 0.1) is 5.82 Å². The van der Waals surface area contributed by atoms with Gasteiger partial charge in [-0.3, -0.25) is 0 Å². The van der Waals surface area contributed by atoms with E-state index in [1.165, 1.54) is 6.07 Å². The monoisotopic (exact) mass is 419 g/mol. The Balaban J connectivity index is 1.66. The van der Waals surface area contributed by atoms with E-state index in [0.29, 0.717) is 30.2 Å². The maximum Gasteiger partial charge on any atom is 0.497 e. The molecule has 0 saturated carbocycles. The lowest BCUT2D eigenvalue weighted by Crippen LogP contribution is -2.41. The SMILES string of the molecule is CC1(C)OB(c2ccc(-c3ncn(COCC[Si](C)(C)C)n3)cc2F)OC1(C)C. The summed E-state index contributed by atoms with van der Waals surface area (Å²) in [5.74, 6) is 0.0573. The van der Waals surface area contributed by atoms with Gasteiger partial charge in [-0.1, -0.05) is 31.8 Å². The fourth-order valence-corrected chi connectivity index (χ4v) is 3.61. The second-order valence-electron chi connectivity index (χ2n) is 9.78. The van der Waals surface area contributed by atoms with Gasteiger partial charge in [-0.05, 0) is 39.8 Å². The van der Waals surface area contributed by atoms with Gasteiger partial charge in [0.2, 0.25) is 0 Å². The highest BCUT2D eigenvalue weighted by molar-refractivity contribution is 6.76. The Morgan fingerprint density at radius 1 is 1.14 bits per heavy atom. The van der Waals surface area contributed by atoms with E-state index in [1.807, 2.05) is 27.7 Å². The Labute approximate surface area is 173 Å². The second kappa shape index (κ2) is 7.94. The first-order valence-electron chi connectivity index (χ1n) is 10.0. The molecule has 2 aromatic rings. The molecule has 1 aliphatic heterocycles. The first-order chi connectivity index (χ1) is 13.4. The van der Waals surface area contributed by atoms with Gasteiger partial charge in [-0.2, -0.15) is 0 Å². The lowest BCUT2D eigenvalue weighted by atomic mass is 9.78. The molecule has 3 rings (SSSR count). The number of aromatic nitrogens is 3. The minimum absolute atomic E-state index is 0.339. The van der Waals surface area contributed by atoms with Crippen molar-refractivity contribution in [2.24, 2.45) is 0 Å². The summed E-state index contributed by atoms with van der Waals surface area (Å²) in [7, 11) is -1.85. The maximum absolute atomic E-state index is 14.8. The summed E-state index contributed by atoms with van der Waals surface area (Å²) >= 11 is 0. The van der Waals surface area contributed by atoms with Gasteiger partial charge in [0.05, 0.1) is 11.2 Å². The minimum Gasteiger partial charge on any atom is -0.399 e. The predicted octanol–water partition coefficient (Wildman–Crippen LogP) is 3.70. The highest BCUT2D eigenvalue weighted by Gasteiger charge is 2.52. The van der Waals surface area contributed by atoms with E-state index >= 15 is 0 Å². The molecule has 0 unspecified atom stereocenters. The van der Waals surface area contributed by atoms with Crippen molar-refractivity contribution in [3.05, 3.63) is 30.3 Å². The van der Waals surface area contributed by atoms with Crippen LogP contribution in [0.15, 0.2) is 24.5 Å². The van der Waals surface area contributed by atoms with Crippen molar-refractivity contribution in [1.82, 2.24) is 14.8 Å². The maximum atomic E-state index is 14.8. The van der Waals surface area contributed by atoms with Crippen molar-refractivity contribution in [2.45, 2.75) is 71.3 Å². The number of benzene rings is 1. The van der Waals surface area contributed by atoms with E-state index in [2.05, 4.69) is 29.7 Å². The topological polar surface area (TPSA) is 58.4 Å². The van der Waals surface area contributed by atoms with Crippen LogP contribution in [0.3, 0.4) is 0 Å². The zero-order chi connectivity index (χ0) is 21.4. The smallest absolute Gasteiger partial charge is 0.399 e. The van der Waals surface area contributed by atoms with Crippen molar-refractivity contribution in [2.75, 3.05) is 6.61 Å². The molecule has 2 heterocycles. The molecule has 158 valence electrons. The van der Waals surface area contributed by atoms with E-state index in [9.17, 15) is 4.39 Å². The molecule has 0 spiro atoms. The van der Waals surface area contributed by atoms with Crippen LogP contribution in [0.2, 0.25) is 25.7 Å². The highest BCUT2D eigenvalue weighted by atomic mass is 28.3. The van der Waals surface area contributed by atoms with Crippen molar-refractivity contribution in [3.8, 4) is 11.4 Å². The Morgan fingerprint density at radius 3 is 2.38 bits per heavy atom. The van der Waals surface area contributed by atoms with E-state index in [4.69, 9.17) is 14.0 Å². The average molecular weight is 419 g/mol. The van der Waals surface area contributed by atoms with Gasteiger partial charge in [0.25, 0.3) is 0 Å². The van der Waals surface area contributed by atoms with Gasteiger partial charge in [0, 0.05) is 25.7 Å². The third-order valence-electron chi connectivity index (χ3n) is 5.52. The Kier molecular flexibility index (Phi) is 6.06. The second-order valence-corrected chi connectivity index (χ2v) is 15.4. The summed E-state index contributed by atoms with van der Waals surface area (Å²) in [5.41, 5.74) is -0.0536. The summed E-state index contributed by atoms with van der Waals surface area (Å²) in [4.78, 5) is 4.28. The molecule has 1 saturated heterocycles. The number of ether oxygens (including phenoxy) is 1. The zero-order valence-electron chi connectivity index (χ0n) is 18.5. The summed E-state index contributed by atoms with van der Waals surface area (Å²) < 4.78 is 34.0. The molecule has 0 radical (unpaired) electrons. The fourth-order valence-electron chi connectivity index (χ4n) is 2.85. The molecule has 0 atom stereocenters. The van der Waals surface area contributed by atoms with Gasteiger partial charge in [0.1, 0.15) is 18.9 Å². The number of halogens is 1. The van der Waals surface area contributed by atoms with Crippen LogP contribution in [-0.4, -0.2) is 47.8 Å². The summed E-state index contributed by atoms with van der Waals surface area (Å²) in [6.45, 7) is 15.8. The molecule has 0 bridgehead atoms. The Morgan fingerprint density at radius 2 is 1.79 bits per heavy atom. The standard InChI is InChI=1S/C20H31BFN3O3Si/c1-19(2)20(3,4)28-21(27-19)16-9-8-15(12-17(16)22)18-23-13-25(24-18)14-26-10-11-29(5,6)7/h8-9,12-13H,10-11,14H2,1-7H3. The zero-order valence-corrected chi connectivity index (χ0v) is 19.5. The molecular weight excluding hydrogens is 388 g/mol. The molecule has 29 heavy (non-hydrogen) atoms. The molecule has 9 heteroatoms. The van der Waals surface area contributed by atoms with Crippen LogP contribution < -0.4 is 5.46 Å². The van der Waals surface area contributed by atoms with E-state index < -0.39 is 32.2 Å². The molecular formula is C20H31BFN3O3Si. The first kappa shape index (κ1) is 22.1. The first-order valence-corrected chi connectivity index (χ1v) is 13.7. The van der Waals surface area contributed by atoms with Crippen LogP contribution in [0.5, 0.6) is 0 Å². The summed E-state index contributed by atoms with van der Waals surface area (Å²) in [6, 6.07) is 5.99. The van der Waals surface area contributed by atoms with E-state index in [1.54, 1.807) is 23.1 Å². The summed E-state index contributed by atoms with van der Waals surface area (Å²) in [6.07, 6.45) is 1.60. The molecule has 1 aromatic carbocycles. The summed E-state index contributed by atoms with van der Waals surface area (Å²) in [5, 5.41) is 4.39. The van der Waals surface area contributed by atoms with Crippen molar-refractivity contribution >= 4 is 20.7 Å². The van der Waals surface area contributed by atoms with Crippen molar-refractivity contribution < 1.29 is 18.4 Å². The lowest BCUT2D eigenvalue weighted by Gasteiger charge is -2.32. The number of hydrogen-bond acceptors (Lipinski definition) is 5. The van der Waals surface area contributed by atoms with Gasteiger partial charge in [0.15, 0.2) is 5.82 Å². The van der Waals surface area contributed by atoms with Crippen LogP contribution in [-0.2, 0) is 20.8 Å². The van der Waals surface area contributed by atoms with Crippen molar-refractivity contribution in [1.29, 1.82) is 0 Å². The number of nitrogens with zero attached hydrogens (tertiary/aromatic N) is 3. The fraction of sp³-hybridized carbons (Fsp3) is 0.600. The lowest BCUT2D eigenvalue weighted by molar-refractivity contribution is 0.00578. The number of hydrogen-bond donors (Lipinski definition) is 0. The molecule has 6 nitrogen and oxygen atoms in total. The highest BCUT2D eigenvalue weighted by Crippen LogP contribution is 2.36. The Hall–Kier alpha value is -1.55. The van der Waals surface area contributed by atoms with Gasteiger partial charge in [-0.25, -0.2) is 14.1 Å². The largest absolute Gasteiger partial charge is 0.497 e. The van der Waals surface area contributed by atoms with E-state index in [-0.39, 0.29) is 0 Å². The third-order valence-corrected chi connectivity index (χ3v) is 7.23. The van der Waals surface area contributed by atoms with Gasteiger partial charge < -0.3 is 14.0 Å². The molecule has 1 aliphatic rings. The molecule has 0 N–H and O–H groups in total. The molecule has 1 fully saturated rings. The quantitative estimate of drug-likeness (QED) is 0.506. The van der Waals surface area contributed by atoms with E-state index in [0.717, 1.165) is 6.04 Å².